The molecular weight excluding hydrogens is 383 g/mol. The van der Waals surface area contributed by atoms with E-state index >= 15 is 0 Å². The van der Waals surface area contributed by atoms with Crippen molar-refractivity contribution < 1.29 is 8.78 Å². The summed E-state index contributed by atoms with van der Waals surface area (Å²) in [5, 5.41) is 3.42. The van der Waals surface area contributed by atoms with E-state index in [1.165, 1.54) is 12.1 Å². The van der Waals surface area contributed by atoms with Crippen molar-refractivity contribution in [2.75, 3.05) is 6.54 Å². The molecule has 0 heterocycles. The van der Waals surface area contributed by atoms with Gasteiger partial charge in [-0.2, -0.15) is 0 Å². The Morgan fingerprint density at radius 1 is 1.14 bits per heavy atom. The monoisotopic (exact) mass is 401 g/mol. The summed E-state index contributed by atoms with van der Waals surface area (Å²) in [6.07, 6.45) is 1.43. The molecule has 0 aliphatic heterocycles. The molecule has 0 aliphatic carbocycles. The van der Waals surface area contributed by atoms with Crippen molar-refractivity contribution in [2.24, 2.45) is 0 Å². The summed E-state index contributed by atoms with van der Waals surface area (Å²) in [4.78, 5) is 0. The van der Waals surface area contributed by atoms with Gasteiger partial charge in [0, 0.05) is 9.61 Å². The second-order valence-corrected chi connectivity index (χ2v) is 6.25. The van der Waals surface area contributed by atoms with E-state index in [-0.39, 0.29) is 11.9 Å². The van der Waals surface area contributed by atoms with Gasteiger partial charge in [-0.1, -0.05) is 19.1 Å². The van der Waals surface area contributed by atoms with E-state index in [1.54, 1.807) is 0 Å². The molecule has 0 saturated heterocycles. The Morgan fingerprint density at radius 3 is 2.67 bits per heavy atom. The van der Waals surface area contributed by atoms with Crippen LogP contribution in [0.4, 0.5) is 8.78 Å². The lowest BCUT2D eigenvalue weighted by molar-refractivity contribution is 0.508. The van der Waals surface area contributed by atoms with Crippen molar-refractivity contribution >= 4 is 22.6 Å². The Bertz CT molecular complexity index is 601. The zero-order chi connectivity index (χ0) is 15.2. The SMILES string of the molecule is CCCNC(Cc1cc(F)ccc1F)c1cccc(I)c1. The number of hydrogen-bond donors (Lipinski definition) is 1. The number of halogens is 3. The highest BCUT2D eigenvalue weighted by atomic mass is 127. The Balaban J connectivity index is 2.25. The van der Waals surface area contributed by atoms with E-state index in [9.17, 15) is 8.78 Å². The molecule has 0 saturated carbocycles. The van der Waals surface area contributed by atoms with Gasteiger partial charge < -0.3 is 5.32 Å². The number of benzene rings is 2. The normalized spacial score (nSPS) is 12.4. The first-order valence-electron chi connectivity index (χ1n) is 7.03. The first-order chi connectivity index (χ1) is 10.1. The Morgan fingerprint density at radius 2 is 1.95 bits per heavy atom. The zero-order valence-corrected chi connectivity index (χ0v) is 14.0. The molecule has 0 bridgehead atoms. The second-order valence-electron chi connectivity index (χ2n) is 5.00. The van der Waals surface area contributed by atoms with E-state index in [4.69, 9.17) is 0 Å². The van der Waals surface area contributed by atoms with E-state index in [0.29, 0.717) is 12.0 Å². The lowest BCUT2D eigenvalue weighted by Gasteiger charge is -2.20. The molecule has 1 unspecified atom stereocenters. The van der Waals surface area contributed by atoms with Gasteiger partial charge in [0.05, 0.1) is 0 Å². The van der Waals surface area contributed by atoms with Crippen molar-refractivity contribution in [3.05, 3.63) is 68.8 Å². The summed E-state index contributed by atoms with van der Waals surface area (Å²) >= 11 is 2.26. The molecule has 2 rings (SSSR count). The smallest absolute Gasteiger partial charge is 0.126 e. The molecule has 21 heavy (non-hydrogen) atoms. The summed E-state index contributed by atoms with van der Waals surface area (Å²) in [5.41, 5.74) is 1.50. The third kappa shape index (κ3) is 4.74. The van der Waals surface area contributed by atoms with Gasteiger partial charge in [-0.15, -0.1) is 0 Å². The average molecular weight is 401 g/mol. The van der Waals surface area contributed by atoms with Gasteiger partial charge in [-0.3, -0.25) is 0 Å². The van der Waals surface area contributed by atoms with Crippen LogP contribution < -0.4 is 5.32 Å². The molecule has 0 aromatic heterocycles. The minimum Gasteiger partial charge on any atom is -0.310 e. The Kier molecular flexibility index (Phi) is 6.11. The Labute approximate surface area is 137 Å². The van der Waals surface area contributed by atoms with Crippen molar-refractivity contribution in [2.45, 2.75) is 25.8 Å². The summed E-state index contributed by atoms with van der Waals surface area (Å²) in [6.45, 7) is 2.93. The van der Waals surface area contributed by atoms with Crippen LogP contribution in [0.1, 0.15) is 30.5 Å². The topological polar surface area (TPSA) is 12.0 Å². The van der Waals surface area contributed by atoms with Gasteiger partial charge in [0.2, 0.25) is 0 Å². The van der Waals surface area contributed by atoms with E-state index in [1.807, 2.05) is 18.2 Å². The van der Waals surface area contributed by atoms with Gasteiger partial charge in [-0.25, -0.2) is 8.78 Å². The molecule has 0 amide bonds. The summed E-state index contributed by atoms with van der Waals surface area (Å²) in [7, 11) is 0. The molecule has 4 heteroatoms. The predicted octanol–water partition coefficient (Wildman–Crippen LogP) is 4.85. The molecule has 0 radical (unpaired) electrons. The predicted molar refractivity (Wildman–Crippen MR) is 90.3 cm³/mol. The van der Waals surface area contributed by atoms with Crippen LogP contribution in [0, 0.1) is 15.2 Å². The zero-order valence-electron chi connectivity index (χ0n) is 11.9. The van der Waals surface area contributed by atoms with Crippen molar-refractivity contribution in [3.8, 4) is 0 Å². The van der Waals surface area contributed by atoms with Gasteiger partial charge in [-0.05, 0) is 83.4 Å². The molecule has 1 N–H and O–H groups in total. The number of rotatable bonds is 6. The van der Waals surface area contributed by atoms with Crippen LogP contribution in [0.3, 0.4) is 0 Å². The van der Waals surface area contributed by atoms with Gasteiger partial charge >= 0.3 is 0 Å². The van der Waals surface area contributed by atoms with E-state index in [2.05, 4.69) is 40.9 Å². The molecule has 1 atom stereocenters. The van der Waals surface area contributed by atoms with Crippen molar-refractivity contribution in [3.63, 3.8) is 0 Å². The Hall–Kier alpha value is -1.01. The van der Waals surface area contributed by atoms with E-state index in [0.717, 1.165) is 28.2 Å². The molecule has 112 valence electrons. The molecule has 2 aromatic carbocycles. The first kappa shape index (κ1) is 16.4. The lowest BCUT2D eigenvalue weighted by atomic mass is 9.98. The van der Waals surface area contributed by atoms with Crippen molar-refractivity contribution in [1.29, 1.82) is 0 Å². The van der Waals surface area contributed by atoms with Crippen LogP contribution in [0.5, 0.6) is 0 Å². The fourth-order valence-electron chi connectivity index (χ4n) is 2.27. The minimum absolute atomic E-state index is 0.0176. The molecule has 0 aliphatic rings. The molecule has 0 fully saturated rings. The van der Waals surface area contributed by atoms with Crippen LogP contribution in [0.2, 0.25) is 0 Å². The molecule has 1 nitrogen and oxygen atoms in total. The van der Waals surface area contributed by atoms with Gasteiger partial charge in [0.25, 0.3) is 0 Å². The highest BCUT2D eigenvalue weighted by Crippen LogP contribution is 2.22. The summed E-state index contributed by atoms with van der Waals surface area (Å²) < 4.78 is 28.3. The van der Waals surface area contributed by atoms with Gasteiger partial charge in [0.15, 0.2) is 0 Å². The average Bonchev–Trinajstić information content (AvgIpc) is 2.47. The number of nitrogens with one attached hydrogen (secondary N) is 1. The second kappa shape index (κ2) is 7.84. The molecule has 0 spiro atoms. The maximum absolute atomic E-state index is 13.9. The molecule has 2 aromatic rings. The van der Waals surface area contributed by atoms with Gasteiger partial charge in [0.1, 0.15) is 11.6 Å². The van der Waals surface area contributed by atoms with Crippen LogP contribution in [0.25, 0.3) is 0 Å². The third-order valence-electron chi connectivity index (χ3n) is 3.32. The standard InChI is InChI=1S/C17H18F2IN/c1-2-8-21-17(12-4-3-5-15(20)10-12)11-13-9-14(18)6-7-16(13)19/h3-7,9-10,17,21H,2,8,11H2,1H3. The first-order valence-corrected chi connectivity index (χ1v) is 8.10. The maximum Gasteiger partial charge on any atom is 0.126 e. The van der Waals surface area contributed by atoms with Crippen LogP contribution >= 0.6 is 22.6 Å². The highest BCUT2D eigenvalue weighted by Gasteiger charge is 2.15. The van der Waals surface area contributed by atoms with Crippen molar-refractivity contribution in [1.82, 2.24) is 5.32 Å². The maximum atomic E-state index is 13.9. The van der Waals surface area contributed by atoms with Crippen LogP contribution in [-0.2, 0) is 6.42 Å². The summed E-state index contributed by atoms with van der Waals surface area (Å²) in [6, 6.07) is 11.7. The van der Waals surface area contributed by atoms with E-state index < -0.39 is 5.82 Å². The largest absolute Gasteiger partial charge is 0.310 e. The van der Waals surface area contributed by atoms with Crippen LogP contribution in [0.15, 0.2) is 42.5 Å². The minimum atomic E-state index is -0.400. The number of hydrogen-bond acceptors (Lipinski definition) is 1. The fourth-order valence-corrected chi connectivity index (χ4v) is 2.84. The van der Waals surface area contributed by atoms with Crippen LogP contribution in [-0.4, -0.2) is 6.54 Å². The fraction of sp³-hybridized carbons (Fsp3) is 0.294. The summed E-state index contributed by atoms with van der Waals surface area (Å²) in [5.74, 6) is -0.756. The third-order valence-corrected chi connectivity index (χ3v) is 3.99. The highest BCUT2D eigenvalue weighted by molar-refractivity contribution is 14.1. The quantitative estimate of drug-likeness (QED) is 0.683. The molecular formula is C17H18F2IN. The lowest BCUT2D eigenvalue weighted by Crippen LogP contribution is -2.24.